The molecule has 0 aliphatic rings. The first-order valence-corrected chi connectivity index (χ1v) is 15.6. The number of methoxy groups -OCH3 is 1. The monoisotopic (exact) mass is 589 g/mol. The van der Waals surface area contributed by atoms with E-state index in [4.69, 9.17) is 9.84 Å². The van der Waals surface area contributed by atoms with E-state index in [1.807, 2.05) is 50.4 Å². The van der Waals surface area contributed by atoms with Crippen LogP contribution in [0.15, 0.2) is 97.5 Å². The average molecular weight is 590 g/mol. The van der Waals surface area contributed by atoms with E-state index in [1.54, 1.807) is 19.5 Å². The van der Waals surface area contributed by atoms with Gasteiger partial charge in [0.2, 0.25) is 0 Å². The highest BCUT2D eigenvalue weighted by Gasteiger charge is 2.07. The van der Waals surface area contributed by atoms with Crippen LogP contribution in [0.2, 0.25) is 0 Å². The van der Waals surface area contributed by atoms with Crippen LogP contribution in [0.3, 0.4) is 0 Å². The molecule has 0 bridgehead atoms. The fourth-order valence-electron chi connectivity index (χ4n) is 5.05. The lowest BCUT2D eigenvalue weighted by Crippen LogP contribution is -1.92. The molecule has 0 unspecified atom stereocenters. The van der Waals surface area contributed by atoms with Gasteiger partial charge in [0, 0.05) is 28.6 Å². The van der Waals surface area contributed by atoms with Gasteiger partial charge >= 0.3 is 0 Å². The summed E-state index contributed by atoms with van der Waals surface area (Å²) >= 11 is 0. The molecule has 3 heterocycles. The maximum Gasteiger partial charge on any atom is 0.137 e. The lowest BCUT2D eigenvalue weighted by Gasteiger charge is -2.10. The number of aryl methyl sites for hydroxylation is 1. The van der Waals surface area contributed by atoms with Crippen LogP contribution < -0.4 is 4.74 Å². The molecule has 1 N–H and O–H groups in total. The summed E-state index contributed by atoms with van der Waals surface area (Å²) in [5.41, 5.74) is 7.98. The number of nitrogens with zero attached hydrogens (tertiary/aromatic N) is 3. The first-order valence-electron chi connectivity index (χ1n) is 15.6. The Morgan fingerprint density at radius 3 is 1.82 bits per heavy atom. The van der Waals surface area contributed by atoms with E-state index in [-0.39, 0.29) is 6.61 Å². The minimum Gasteiger partial charge on any atom is -0.495 e. The Labute approximate surface area is 263 Å². The summed E-state index contributed by atoms with van der Waals surface area (Å²) in [4.78, 5) is 13.0. The number of aromatic nitrogens is 3. The average Bonchev–Trinajstić information content (AvgIpc) is 3.08. The SMILES string of the molecule is CC.CC(C)c1cccc2ncccc12.CCc1cccc2ncc(CO)cc12.COc1cnc2cccc(C(C)C)c2c1. The number of aliphatic hydroxyl groups excluding tert-OH is 1. The molecule has 0 saturated heterocycles. The maximum absolute atomic E-state index is 9.02. The van der Waals surface area contributed by atoms with Crippen LogP contribution >= 0.6 is 0 Å². The molecule has 0 fully saturated rings. The highest BCUT2D eigenvalue weighted by Crippen LogP contribution is 2.27. The first-order chi connectivity index (χ1) is 21.4. The molecule has 5 nitrogen and oxygen atoms in total. The molecule has 230 valence electrons. The van der Waals surface area contributed by atoms with Gasteiger partial charge in [-0.25, -0.2) is 0 Å². The van der Waals surface area contributed by atoms with Crippen molar-refractivity contribution in [3.05, 3.63) is 120 Å². The van der Waals surface area contributed by atoms with Crippen molar-refractivity contribution >= 4 is 32.7 Å². The third-order valence-electron chi connectivity index (χ3n) is 7.33. The molecule has 3 aromatic carbocycles. The predicted octanol–water partition coefficient (Wildman–Crippen LogP) is 10.0. The maximum atomic E-state index is 9.02. The number of fused-ring (bicyclic) bond motifs is 3. The zero-order valence-corrected chi connectivity index (χ0v) is 27.5. The second kappa shape index (κ2) is 17.1. The van der Waals surface area contributed by atoms with Crippen LogP contribution in [0.5, 0.6) is 5.75 Å². The summed E-state index contributed by atoms with van der Waals surface area (Å²) in [6.45, 7) is 15.0. The normalized spacial score (nSPS) is 10.5. The van der Waals surface area contributed by atoms with E-state index in [9.17, 15) is 0 Å². The van der Waals surface area contributed by atoms with E-state index in [0.717, 1.165) is 39.7 Å². The topological polar surface area (TPSA) is 68.1 Å². The van der Waals surface area contributed by atoms with E-state index < -0.39 is 0 Å². The van der Waals surface area contributed by atoms with Gasteiger partial charge in [-0.3, -0.25) is 15.0 Å². The molecule has 0 atom stereocenters. The quantitative estimate of drug-likeness (QED) is 0.217. The van der Waals surface area contributed by atoms with Gasteiger partial charge in [0.1, 0.15) is 5.75 Å². The molecule has 0 amide bonds. The van der Waals surface area contributed by atoms with Crippen molar-refractivity contribution in [2.24, 2.45) is 0 Å². The molecule has 3 aromatic heterocycles. The fourth-order valence-corrected chi connectivity index (χ4v) is 5.05. The summed E-state index contributed by atoms with van der Waals surface area (Å²) in [6.07, 6.45) is 6.31. The van der Waals surface area contributed by atoms with E-state index in [1.165, 1.54) is 27.5 Å². The van der Waals surface area contributed by atoms with Crippen molar-refractivity contribution in [1.29, 1.82) is 0 Å². The minimum atomic E-state index is 0.0565. The fraction of sp³-hybridized carbons (Fsp3) is 0.308. The molecule has 6 aromatic rings. The third-order valence-corrected chi connectivity index (χ3v) is 7.33. The summed E-state index contributed by atoms with van der Waals surface area (Å²) in [5, 5.41) is 12.6. The summed E-state index contributed by atoms with van der Waals surface area (Å²) < 4.78 is 5.19. The Hall–Kier alpha value is -4.35. The second-order valence-electron chi connectivity index (χ2n) is 10.9. The molecule has 44 heavy (non-hydrogen) atoms. The molecule has 0 aliphatic carbocycles. The summed E-state index contributed by atoms with van der Waals surface area (Å²) in [6, 6.07) is 26.9. The number of pyridine rings is 3. The molecule has 5 heteroatoms. The molecule has 0 spiro atoms. The number of benzene rings is 3. The van der Waals surface area contributed by atoms with Crippen LogP contribution in [-0.2, 0) is 13.0 Å². The number of ether oxygens (including phenoxy) is 1. The minimum absolute atomic E-state index is 0.0565. The Morgan fingerprint density at radius 1 is 0.659 bits per heavy atom. The number of hydrogen-bond acceptors (Lipinski definition) is 5. The third kappa shape index (κ3) is 8.61. The zero-order chi connectivity index (χ0) is 32.1. The van der Waals surface area contributed by atoms with Gasteiger partial charge in [-0.1, -0.05) is 90.9 Å². The van der Waals surface area contributed by atoms with E-state index in [2.05, 4.69) is 98.1 Å². The second-order valence-corrected chi connectivity index (χ2v) is 10.9. The highest BCUT2D eigenvalue weighted by atomic mass is 16.5. The van der Waals surface area contributed by atoms with Crippen LogP contribution in [0.25, 0.3) is 32.7 Å². The van der Waals surface area contributed by atoms with Crippen molar-refractivity contribution in [3.63, 3.8) is 0 Å². The molecular weight excluding hydrogens is 542 g/mol. The van der Waals surface area contributed by atoms with Gasteiger partial charge in [0.15, 0.2) is 0 Å². The Morgan fingerprint density at radius 2 is 1.23 bits per heavy atom. The van der Waals surface area contributed by atoms with Crippen molar-refractivity contribution < 1.29 is 9.84 Å². The van der Waals surface area contributed by atoms with Crippen LogP contribution in [0.1, 0.15) is 82.6 Å². The zero-order valence-electron chi connectivity index (χ0n) is 27.5. The van der Waals surface area contributed by atoms with Crippen molar-refractivity contribution in [1.82, 2.24) is 15.0 Å². The van der Waals surface area contributed by atoms with Gasteiger partial charge in [-0.15, -0.1) is 0 Å². The smallest absolute Gasteiger partial charge is 0.137 e. The number of aliphatic hydroxyl groups is 1. The van der Waals surface area contributed by atoms with Crippen LogP contribution in [0, 0.1) is 0 Å². The molecule has 0 aliphatic heterocycles. The highest BCUT2D eigenvalue weighted by molar-refractivity contribution is 5.84. The molecular formula is C39H47N3O2. The van der Waals surface area contributed by atoms with Crippen LogP contribution in [0.4, 0.5) is 0 Å². The van der Waals surface area contributed by atoms with E-state index >= 15 is 0 Å². The van der Waals surface area contributed by atoms with Gasteiger partial charge in [0.05, 0.1) is 36.5 Å². The van der Waals surface area contributed by atoms with Gasteiger partial charge in [0.25, 0.3) is 0 Å². The summed E-state index contributed by atoms with van der Waals surface area (Å²) in [7, 11) is 1.67. The Bertz CT molecular complexity index is 1760. The van der Waals surface area contributed by atoms with Crippen LogP contribution in [-0.4, -0.2) is 27.2 Å². The Balaban J connectivity index is 0.000000176. The van der Waals surface area contributed by atoms with Gasteiger partial charge in [-0.2, -0.15) is 0 Å². The lowest BCUT2D eigenvalue weighted by molar-refractivity contribution is 0.281. The largest absolute Gasteiger partial charge is 0.495 e. The van der Waals surface area contributed by atoms with Crippen molar-refractivity contribution in [2.45, 2.75) is 73.3 Å². The van der Waals surface area contributed by atoms with Crippen molar-refractivity contribution in [2.75, 3.05) is 7.11 Å². The number of hydrogen-bond donors (Lipinski definition) is 1. The van der Waals surface area contributed by atoms with Crippen molar-refractivity contribution in [3.8, 4) is 5.75 Å². The van der Waals surface area contributed by atoms with E-state index in [0.29, 0.717) is 11.8 Å². The lowest BCUT2D eigenvalue weighted by atomic mass is 9.98. The predicted molar refractivity (Wildman–Crippen MR) is 187 cm³/mol. The molecule has 6 rings (SSSR count). The standard InChI is InChI=1S/C13H15NO.C12H13NO.C12H13N.C2H6/c1-9(2)11-5-4-6-13-12(11)7-10(15-3)8-14-13;1-2-10-4-3-5-12-11(10)6-9(8-14)7-13-12;1-9(2)10-5-3-7-12-11(10)6-4-8-13-12;1-2/h4-9H,1-3H3;3-7,14H,2,8H2,1H3;3-9H,1-2H3;1-2H3. The van der Waals surface area contributed by atoms with Gasteiger partial charge < -0.3 is 9.84 Å². The molecule has 0 radical (unpaired) electrons. The van der Waals surface area contributed by atoms with Gasteiger partial charge in [-0.05, 0) is 76.9 Å². The number of rotatable bonds is 5. The summed E-state index contributed by atoms with van der Waals surface area (Å²) in [5.74, 6) is 1.88. The Kier molecular flexibility index (Phi) is 13.2. The molecule has 0 saturated carbocycles. The first kappa shape index (κ1) is 34.1.